The summed E-state index contributed by atoms with van der Waals surface area (Å²) in [5, 5.41) is 13.7. The molecule has 1 saturated carbocycles. The molecular weight excluding hydrogens is 440 g/mol. The number of anilines is 1. The summed E-state index contributed by atoms with van der Waals surface area (Å²) in [4.78, 5) is 13.0. The Morgan fingerprint density at radius 1 is 1.32 bits per heavy atom. The van der Waals surface area contributed by atoms with Crippen molar-refractivity contribution < 1.29 is 28.2 Å². The minimum Gasteiger partial charge on any atom is -0.443 e. The number of amides is 1. The minimum absolute atomic E-state index is 0.0211. The maximum atomic E-state index is 13.0. The van der Waals surface area contributed by atoms with E-state index < -0.39 is 18.2 Å². The van der Waals surface area contributed by atoms with E-state index >= 15 is 0 Å². The molecule has 1 spiro atoms. The van der Waals surface area contributed by atoms with Gasteiger partial charge in [-0.05, 0) is 46.0 Å². The zero-order valence-electron chi connectivity index (χ0n) is 21.2. The fourth-order valence-electron chi connectivity index (χ4n) is 5.34. The van der Waals surface area contributed by atoms with Gasteiger partial charge in [-0.3, -0.25) is 0 Å². The maximum absolute atomic E-state index is 13.0. The van der Waals surface area contributed by atoms with Crippen molar-refractivity contribution in [3.63, 3.8) is 0 Å². The van der Waals surface area contributed by atoms with Crippen LogP contribution in [0.4, 0.5) is 10.8 Å². The molecule has 1 amide bonds. The number of ether oxygens (including phenoxy) is 4. The molecule has 1 aliphatic carbocycles. The first-order valence-corrected chi connectivity index (χ1v) is 12.1. The second kappa shape index (κ2) is 9.47. The van der Waals surface area contributed by atoms with Crippen LogP contribution in [0.15, 0.2) is 16.1 Å². The Hall–Kier alpha value is -2.17. The highest BCUT2D eigenvalue weighted by molar-refractivity contribution is 5.68. The van der Waals surface area contributed by atoms with Gasteiger partial charge in [-0.15, -0.1) is 5.10 Å². The van der Waals surface area contributed by atoms with Gasteiger partial charge in [-0.1, -0.05) is 30.6 Å². The number of carbonyl (C=O) groups excluding carboxylic acids is 1. The highest BCUT2D eigenvalue weighted by Gasteiger charge is 2.72. The molecule has 190 valence electrons. The van der Waals surface area contributed by atoms with Gasteiger partial charge in [0.2, 0.25) is 5.89 Å². The maximum Gasteiger partial charge on any atom is 0.408 e. The van der Waals surface area contributed by atoms with Crippen molar-refractivity contribution in [1.82, 2.24) is 15.5 Å². The Morgan fingerprint density at radius 3 is 2.62 bits per heavy atom. The molecule has 7 atom stereocenters. The van der Waals surface area contributed by atoms with Gasteiger partial charge in [0.05, 0.1) is 18.6 Å². The van der Waals surface area contributed by atoms with Crippen LogP contribution in [-0.2, 0) is 18.9 Å². The van der Waals surface area contributed by atoms with Crippen LogP contribution in [0.5, 0.6) is 0 Å². The molecule has 1 aromatic rings. The fraction of sp³-hybridized carbons (Fsp3) is 0.792. The predicted molar refractivity (Wildman–Crippen MR) is 124 cm³/mol. The molecule has 3 aliphatic rings. The zero-order chi connectivity index (χ0) is 24.7. The van der Waals surface area contributed by atoms with Crippen molar-refractivity contribution >= 4 is 12.1 Å². The second-order valence-electron chi connectivity index (χ2n) is 10.4. The summed E-state index contributed by atoms with van der Waals surface area (Å²) >= 11 is 0. The van der Waals surface area contributed by atoms with Crippen LogP contribution in [0.2, 0.25) is 0 Å². The third kappa shape index (κ3) is 4.81. The Kier molecular flexibility index (Phi) is 6.94. The normalized spacial score (nSPS) is 35.1. The van der Waals surface area contributed by atoms with Crippen LogP contribution >= 0.6 is 0 Å². The van der Waals surface area contributed by atoms with Crippen LogP contribution in [0, 0.1) is 11.8 Å². The van der Waals surface area contributed by atoms with Crippen molar-refractivity contribution in [3.05, 3.63) is 17.5 Å². The van der Waals surface area contributed by atoms with E-state index in [-0.39, 0.29) is 35.2 Å². The van der Waals surface area contributed by atoms with Crippen molar-refractivity contribution in [2.24, 2.45) is 11.8 Å². The first-order chi connectivity index (χ1) is 16.1. The lowest BCUT2D eigenvalue weighted by atomic mass is 9.68. The Labute approximate surface area is 201 Å². The number of nitrogens with zero attached hydrogens (tertiary/aromatic N) is 2. The Balaban J connectivity index is 1.45. The molecule has 10 heteroatoms. The van der Waals surface area contributed by atoms with Crippen molar-refractivity contribution in [3.8, 4) is 0 Å². The lowest BCUT2D eigenvalue weighted by Gasteiger charge is -2.42. The molecule has 1 unspecified atom stereocenters. The lowest BCUT2D eigenvalue weighted by Crippen LogP contribution is -2.56. The van der Waals surface area contributed by atoms with Gasteiger partial charge in [0.15, 0.2) is 0 Å². The van der Waals surface area contributed by atoms with E-state index in [2.05, 4.69) is 47.7 Å². The lowest BCUT2D eigenvalue weighted by molar-refractivity contribution is -0.118. The molecule has 4 rings (SSSR count). The molecule has 0 bridgehead atoms. The summed E-state index contributed by atoms with van der Waals surface area (Å²) in [6, 6.07) is -0.182. The summed E-state index contributed by atoms with van der Waals surface area (Å²) in [5.74, 6) is 0.322. The van der Waals surface area contributed by atoms with Crippen molar-refractivity contribution in [2.75, 3.05) is 26.1 Å². The summed E-state index contributed by atoms with van der Waals surface area (Å²) < 4.78 is 29.7. The van der Waals surface area contributed by atoms with Crippen molar-refractivity contribution in [1.29, 1.82) is 0 Å². The highest BCUT2D eigenvalue weighted by atomic mass is 16.6. The average Bonchev–Trinajstić information content (AvgIpc) is 3.64. The van der Waals surface area contributed by atoms with Crippen LogP contribution in [0.3, 0.4) is 0 Å². The third-order valence-corrected chi connectivity index (χ3v) is 7.36. The zero-order valence-corrected chi connectivity index (χ0v) is 21.2. The van der Waals surface area contributed by atoms with E-state index in [1.54, 1.807) is 14.2 Å². The van der Waals surface area contributed by atoms with Crippen LogP contribution in [0.25, 0.3) is 0 Å². The predicted octanol–water partition coefficient (Wildman–Crippen LogP) is 3.61. The van der Waals surface area contributed by atoms with Crippen molar-refractivity contribution in [2.45, 2.75) is 89.4 Å². The Bertz CT molecular complexity index is 909. The minimum atomic E-state index is -0.538. The number of methoxy groups -OCH3 is 1. The summed E-state index contributed by atoms with van der Waals surface area (Å²) in [7, 11) is 3.36. The van der Waals surface area contributed by atoms with E-state index in [9.17, 15) is 4.79 Å². The molecule has 2 saturated heterocycles. The van der Waals surface area contributed by atoms with Gasteiger partial charge >= 0.3 is 12.1 Å². The van der Waals surface area contributed by atoms with Gasteiger partial charge in [0.1, 0.15) is 29.5 Å². The first-order valence-electron chi connectivity index (χ1n) is 12.1. The second-order valence-corrected chi connectivity index (χ2v) is 10.4. The number of hydrogen-bond donors (Lipinski definition) is 2. The van der Waals surface area contributed by atoms with Crippen LogP contribution in [-0.4, -0.2) is 66.6 Å². The van der Waals surface area contributed by atoms with Gasteiger partial charge in [-0.2, -0.15) is 0 Å². The molecule has 10 nitrogen and oxygen atoms in total. The monoisotopic (exact) mass is 478 g/mol. The third-order valence-electron chi connectivity index (χ3n) is 7.36. The van der Waals surface area contributed by atoms with Gasteiger partial charge in [0, 0.05) is 14.2 Å². The molecule has 0 aromatic carbocycles. The smallest absolute Gasteiger partial charge is 0.408 e. The average molecular weight is 479 g/mol. The molecule has 3 heterocycles. The summed E-state index contributed by atoms with van der Waals surface area (Å²) in [6.07, 6.45) is 3.32. The molecule has 3 fully saturated rings. The van der Waals surface area contributed by atoms with Gasteiger partial charge in [0.25, 0.3) is 0 Å². The highest BCUT2D eigenvalue weighted by Crippen LogP contribution is 2.59. The molecule has 0 radical (unpaired) electrons. The summed E-state index contributed by atoms with van der Waals surface area (Å²) in [6.45, 7) is 10.9. The van der Waals surface area contributed by atoms with E-state index in [1.165, 1.54) is 5.57 Å². The number of rotatable bonds is 9. The van der Waals surface area contributed by atoms with Crippen LogP contribution < -0.4 is 10.6 Å². The Morgan fingerprint density at radius 2 is 2.06 bits per heavy atom. The topological polar surface area (TPSA) is 124 Å². The number of epoxide rings is 2. The number of hydrogen-bond acceptors (Lipinski definition) is 9. The van der Waals surface area contributed by atoms with E-state index in [0.29, 0.717) is 24.9 Å². The van der Waals surface area contributed by atoms with E-state index in [1.807, 2.05) is 13.8 Å². The first kappa shape index (κ1) is 24.9. The van der Waals surface area contributed by atoms with E-state index in [4.69, 9.17) is 23.4 Å². The SMILES string of the molecule is CNc1nnc([C@@H](NC(=O)O[C@@H]2CC[C@]3(CO3)C([C@@]3(C)O[C@@H]3CC=C(C)C)[C@@H]2OC)C(C)C)o1. The summed E-state index contributed by atoms with van der Waals surface area (Å²) in [5.41, 5.74) is 0.622. The fourth-order valence-corrected chi connectivity index (χ4v) is 5.34. The molecule has 34 heavy (non-hydrogen) atoms. The molecule has 2 aliphatic heterocycles. The van der Waals surface area contributed by atoms with Gasteiger partial charge < -0.3 is 34.0 Å². The number of carbonyl (C=O) groups is 1. The number of alkyl carbamates (subject to hydrolysis) is 1. The molecular formula is C24H38N4O6. The molecule has 1 aromatic heterocycles. The molecule has 2 N–H and O–H groups in total. The quantitative estimate of drug-likeness (QED) is 0.404. The number of aromatic nitrogens is 2. The van der Waals surface area contributed by atoms with Crippen LogP contribution in [0.1, 0.15) is 65.8 Å². The van der Waals surface area contributed by atoms with E-state index in [0.717, 1.165) is 12.8 Å². The number of allylic oxidation sites excluding steroid dienone is 1. The standard InChI is InChI=1S/C24H38N4O6/c1-13(2)8-9-16-23(5,34-16)19-18(30-7)15(10-11-24(19)12-31-24)32-22(29)26-17(14(3)4)20-27-28-21(25-6)33-20/h8,14-19H,9-12H2,1-7H3,(H,25,28)(H,26,29)/t15-,16-,17+,18-,19?,23+,24+/m1/s1. The van der Waals surface area contributed by atoms with Gasteiger partial charge in [-0.25, -0.2) is 4.79 Å². The largest absolute Gasteiger partial charge is 0.443 e. The number of nitrogens with one attached hydrogen (secondary N) is 2.